The summed E-state index contributed by atoms with van der Waals surface area (Å²) in [5, 5.41) is 5.38. The van der Waals surface area contributed by atoms with Crippen molar-refractivity contribution in [1.29, 1.82) is 0 Å². The van der Waals surface area contributed by atoms with Crippen molar-refractivity contribution in [2.45, 2.75) is 26.7 Å². The zero-order valence-corrected chi connectivity index (χ0v) is 15.7. The highest BCUT2D eigenvalue weighted by Gasteiger charge is 2.14. The van der Waals surface area contributed by atoms with Crippen LogP contribution in [0.4, 0.5) is 10.2 Å². The molecule has 0 saturated heterocycles. The Hall–Kier alpha value is -3.22. The van der Waals surface area contributed by atoms with E-state index in [1.165, 1.54) is 0 Å². The highest BCUT2D eigenvalue weighted by atomic mass is 19.1. The lowest BCUT2D eigenvalue weighted by molar-refractivity contribution is 0.572. The van der Waals surface area contributed by atoms with Gasteiger partial charge >= 0.3 is 0 Å². The lowest BCUT2D eigenvalue weighted by atomic mass is 10.1. The zero-order valence-electron chi connectivity index (χ0n) is 15.7. The summed E-state index contributed by atoms with van der Waals surface area (Å²) in [6, 6.07) is 9.24. The van der Waals surface area contributed by atoms with E-state index in [4.69, 9.17) is 5.73 Å². The average molecular weight is 370 g/mol. The van der Waals surface area contributed by atoms with Crippen molar-refractivity contribution < 1.29 is 7.24 Å². The Bertz CT molecular complexity index is 1050. The smallest absolute Gasteiger partial charge is 0.218 e. The van der Waals surface area contributed by atoms with Gasteiger partial charge in [-0.3, -0.25) is 9.67 Å². The fourth-order valence-electron chi connectivity index (χ4n) is 2.88. The standard InChI is InChI=1S/C13H14FN5.C7H9N.2H2/c1-7-11-9(6-16-13(11)18-19(7)2)5-8-3-4-10(15)17-12(8)14;1-2-7-5-3-4-6-8-7;;/h3-4,6H,5H2,1-2H3,(H2,15,17)(H,16,18);3-6H,2H2,1H3;2*1H. The van der Waals surface area contributed by atoms with Gasteiger partial charge in [-0.2, -0.15) is 9.49 Å². The van der Waals surface area contributed by atoms with E-state index in [0.717, 1.165) is 34.4 Å². The highest BCUT2D eigenvalue weighted by molar-refractivity contribution is 5.83. The molecule has 144 valence electrons. The highest BCUT2D eigenvalue weighted by Crippen LogP contribution is 2.24. The van der Waals surface area contributed by atoms with Gasteiger partial charge < -0.3 is 10.7 Å². The monoisotopic (exact) mass is 370 g/mol. The molecule has 4 aromatic rings. The second kappa shape index (κ2) is 7.99. The molecule has 7 heteroatoms. The predicted octanol–water partition coefficient (Wildman–Crippen LogP) is 4.05. The summed E-state index contributed by atoms with van der Waals surface area (Å²) in [7, 11) is 1.89. The molecule has 0 aliphatic carbocycles. The molecule has 0 bridgehead atoms. The Kier molecular flexibility index (Phi) is 5.49. The van der Waals surface area contributed by atoms with Crippen molar-refractivity contribution in [1.82, 2.24) is 24.7 Å². The summed E-state index contributed by atoms with van der Waals surface area (Å²) in [6.45, 7) is 4.09. The number of anilines is 1. The Balaban J connectivity index is 0.000000360. The third kappa shape index (κ3) is 4.13. The Labute approximate surface area is 160 Å². The number of hydrogen-bond donors (Lipinski definition) is 2. The number of nitrogens with two attached hydrogens (primary N) is 1. The molecule has 0 amide bonds. The van der Waals surface area contributed by atoms with E-state index in [-0.39, 0.29) is 8.67 Å². The number of hydrogen-bond acceptors (Lipinski definition) is 4. The van der Waals surface area contributed by atoms with Crippen LogP contribution in [-0.4, -0.2) is 24.7 Å². The van der Waals surface area contributed by atoms with Gasteiger partial charge in [0.15, 0.2) is 5.65 Å². The first-order chi connectivity index (χ1) is 13.0. The molecule has 4 aromatic heterocycles. The minimum atomic E-state index is -0.518. The van der Waals surface area contributed by atoms with Crippen LogP contribution < -0.4 is 5.73 Å². The molecule has 0 aliphatic rings. The molecule has 0 unspecified atom stereocenters. The molecule has 27 heavy (non-hydrogen) atoms. The molecule has 0 saturated carbocycles. The minimum absolute atomic E-state index is 0. The molecule has 0 fully saturated rings. The van der Waals surface area contributed by atoms with Crippen LogP contribution in [0.1, 0.15) is 32.3 Å². The third-order valence-corrected chi connectivity index (χ3v) is 4.46. The number of nitrogens with one attached hydrogen (secondary N) is 1. The molecule has 0 atom stereocenters. The largest absolute Gasteiger partial charge is 0.384 e. The van der Waals surface area contributed by atoms with Crippen molar-refractivity contribution in [2.24, 2.45) is 7.05 Å². The summed E-state index contributed by atoms with van der Waals surface area (Å²) >= 11 is 0. The van der Waals surface area contributed by atoms with Crippen LogP contribution in [0.25, 0.3) is 11.0 Å². The summed E-state index contributed by atoms with van der Waals surface area (Å²) in [5.41, 5.74) is 10.0. The van der Waals surface area contributed by atoms with Crippen molar-refractivity contribution in [3.63, 3.8) is 0 Å². The lowest BCUT2D eigenvalue weighted by Crippen LogP contribution is -1.99. The van der Waals surface area contributed by atoms with Gasteiger partial charge in [0, 0.05) is 51.1 Å². The first-order valence-corrected chi connectivity index (χ1v) is 8.80. The maximum atomic E-state index is 13.7. The summed E-state index contributed by atoms with van der Waals surface area (Å²) < 4.78 is 15.5. The topological polar surface area (TPSA) is 85.4 Å². The van der Waals surface area contributed by atoms with Crippen LogP contribution in [0, 0.1) is 12.9 Å². The Morgan fingerprint density at radius 1 is 1.22 bits per heavy atom. The van der Waals surface area contributed by atoms with Gasteiger partial charge in [-0.15, -0.1) is 0 Å². The molecular formula is C20H27FN6. The van der Waals surface area contributed by atoms with E-state index in [0.29, 0.717) is 12.0 Å². The van der Waals surface area contributed by atoms with Crippen LogP contribution in [0.3, 0.4) is 0 Å². The normalized spacial score (nSPS) is 10.7. The van der Waals surface area contributed by atoms with Crippen LogP contribution in [-0.2, 0) is 19.9 Å². The van der Waals surface area contributed by atoms with Crippen molar-refractivity contribution in [2.75, 3.05) is 5.73 Å². The van der Waals surface area contributed by atoms with Gasteiger partial charge in [-0.05, 0) is 37.1 Å². The number of pyridine rings is 2. The Morgan fingerprint density at radius 2 is 2.04 bits per heavy atom. The van der Waals surface area contributed by atoms with Gasteiger partial charge in [0.05, 0.1) is 0 Å². The molecule has 0 aliphatic heterocycles. The SMILES string of the molecule is CCc1ccccn1.Cc1c2c(Cc3ccc(N)nc3F)c[nH]c2nn1C.[HH].[HH]. The zero-order chi connectivity index (χ0) is 19.4. The summed E-state index contributed by atoms with van der Waals surface area (Å²) in [4.78, 5) is 10.8. The van der Waals surface area contributed by atoms with Gasteiger partial charge in [0.1, 0.15) is 5.82 Å². The van der Waals surface area contributed by atoms with E-state index in [1.807, 2.05) is 49.2 Å². The number of nitrogen functional groups attached to an aromatic ring is 1. The number of aromatic nitrogens is 5. The molecule has 4 heterocycles. The maximum absolute atomic E-state index is 13.7. The van der Waals surface area contributed by atoms with Gasteiger partial charge in [0.25, 0.3) is 0 Å². The van der Waals surface area contributed by atoms with Gasteiger partial charge in [-0.25, -0.2) is 4.98 Å². The number of rotatable bonds is 3. The summed E-state index contributed by atoms with van der Waals surface area (Å²) in [6.07, 6.45) is 5.17. The lowest BCUT2D eigenvalue weighted by Gasteiger charge is -2.03. The maximum Gasteiger partial charge on any atom is 0.218 e. The van der Waals surface area contributed by atoms with E-state index < -0.39 is 5.95 Å². The number of aryl methyl sites for hydroxylation is 3. The average Bonchev–Trinajstić information content (AvgIpc) is 3.19. The number of nitrogens with zero attached hydrogens (tertiary/aromatic N) is 4. The third-order valence-electron chi connectivity index (χ3n) is 4.46. The van der Waals surface area contributed by atoms with E-state index >= 15 is 0 Å². The van der Waals surface area contributed by atoms with Gasteiger partial charge in [-0.1, -0.05) is 19.1 Å². The first-order valence-electron chi connectivity index (χ1n) is 8.80. The Morgan fingerprint density at radius 3 is 2.67 bits per heavy atom. The van der Waals surface area contributed by atoms with Crippen LogP contribution in [0.2, 0.25) is 0 Å². The molecule has 6 nitrogen and oxygen atoms in total. The predicted molar refractivity (Wildman–Crippen MR) is 109 cm³/mol. The molecule has 0 aromatic carbocycles. The second-order valence-corrected chi connectivity index (χ2v) is 6.28. The van der Waals surface area contributed by atoms with Crippen molar-refractivity contribution in [3.8, 4) is 0 Å². The summed E-state index contributed by atoms with van der Waals surface area (Å²) in [5.74, 6) is -0.325. The molecule has 0 spiro atoms. The first kappa shape index (κ1) is 18.6. The van der Waals surface area contributed by atoms with Crippen LogP contribution in [0.5, 0.6) is 0 Å². The number of fused-ring (bicyclic) bond motifs is 1. The van der Waals surface area contributed by atoms with Crippen LogP contribution >= 0.6 is 0 Å². The number of halogens is 1. The van der Waals surface area contributed by atoms with Gasteiger partial charge in [0.2, 0.25) is 5.95 Å². The number of aromatic amines is 1. The molecule has 4 rings (SSSR count). The van der Waals surface area contributed by atoms with E-state index in [1.54, 1.807) is 12.1 Å². The quantitative estimate of drug-likeness (QED) is 0.533. The fraction of sp³-hybridized carbons (Fsp3) is 0.250. The van der Waals surface area contributed by atoms with E-state index in [9.17, 15) is 4.39 Å². The van der Waals surface area contributed by atoms with Crippen molar-refractivity contribution in [3.05, 3.63) is 71.2 Å². The fourth-order valence-corrected chi connectivity index (χ4v) is 2.88. The van der Waals surface area contributed by atoms with Crippen LogP contribution in [0.15, 0.2) is 42.7 Å². The molecular weight excluding hydrogens is 343 g/mol. The minimum Gasteiger partial charge on any atom is -0.384 e. The van der Waals surface area contributed by atoms with Crippen molar-refractivity contribution >= 4 is 16.9 Å². The molecule has 0 radical (unpaired) electrons. The second-order valence-electron chi connectivity index (χ2n) is 6.28. The van der Waals surface area contributed by atoms with E-state index in [2.05, 4.69) is 27.0 Å². The molecule has 3 N–H and O–H groups in total. The number of H-pyrrole nitrogens is 1.